The Morgan fingerprint density at radius 3 is 1.82 bits per heavy atom. The summed E-state index contributed by atoms with van der Waals surface area (Å²) in [5.41, 5.74) is 6.00. The van der Waals surface area contributed by atoms with E-state index in [1.807, 2.05) is 27.7 Å². The molecule has 6 rings (SSSR count). The van der Waals surface area contributed by atoms with Crippen molar-refractivity contribution < 1.29 is 72.5 Å². The molecule has 4 fully saturated rings. The third-order valence-corrected chi connectivity index (χ3v) is 18.6. The molecule has 28 nitrogen and oxygen atoms in total. The Morgan fingerprint density at radius 1 is 0.628 bits per heavy atom. The zero-order chi connectivity index (χ0) is 69.4. The van der Waals surface area contributed by atoms with Crippen molar-refractivity contribution in [1.82, 2.24) is 62.1 Å². The summed E-state index contributed by atoms with van der Waals surface area (Å²) in [7, 11) is 0. The number of nitrogens with two attached hydrogens (primary N) is 1. The molecule has 520 valence electrons. The molecule has 5 heterocycles. The summed E-state index contributed by atoms with van der Waals surface area (Å²) in [6.07, 6.45) is 0.913. The van der Waals surface area contributed by atoms with Gasteiger partial charge >= 0.3 is 5.97 Å². The predicted molar refractivity (Wildman–Crippen MR) is 344 cm³/mol. The number of nitrogens with one attached hydrogen (secondary N) is 8. The number of aliphatic hydroxyl groups is 1. The van der Waals surface area contributed by atoms with Crippen molar-refractivity contribution in [2.24, 2.45) is 35.3 Å². The van der Waals surface area contributed by atoms with Crippen molar-refractivity contribution in [3.8, 4) is 0 Å². The Kier molecular flexibility index (Phi) is 27.3. The van der Waals surface area contributed by atoms with E-state index in [1.54, 1.807) is 71.9 Å². The zero-order valence-electron chi connectivity index (χ0n) is 56.1. The molecule has 28 heteroatoms. The molecular formula is C66H101N13O15. The van der Waals surface area contributed by atoms with Crippen LogP contribution in [0.25, 0.3) is 0 Å². The fraction of sp³-hybridized carbons (Fsp3) is 0.682. The van der Waals surface area contributed by atoms with E-state index in [2.05, 4.69) is 42.5 Å². The van der Waals surface area contributed by atoms with Crippen LogP contribution in [0, 0.1) is 29.6 Å². The summed E-state index contributed by atoms with van der Waals surface area (Å²) in [6, 6.07) is -5.11. The number of hydrogen-bond donors (Lipinski definition) is 11. The molecule has 0 saturated carbocycles. The van der Waals surface area contributed by atoms with Crippen LogP contribution in [-0.2, 0) is 68.7 Å². The molecule has 94 heavy (non-hydrogen) atoms. The number of hydrogen-bond acceptors (Lipinski definition) is 15. The van der Waals surface area contributed by atoms with Crippen LogP contribution in [0.1, 0.15) is 158 Å². The van der Waals surface area contributed by atoms with Gasteiger partial charge in [0, 0.05) is 51.6 Å². The minimum atomic E-state index is -1.60. The lowest BCUT2D eigenvalue weighted by Crippen LogP contribution is -2.61. The van der Waals surface area contributed by atoms with Crippen molar-refractivity contribution in [3.05, 3.63) is 47.8 Å². The molecule has 0 aromatic heterocycles. The van der Waals surface area contributed by atoms with E-state index in [9.17, 15) is 58.2 Å². The van der Waals surface area contributed by atoms with Crippen LogP contribution in [0.4, 0.5) is 0 Å². The number of carbonyl (C=O) groups excluding carboxylic acids is 12. The molecule has 0 bridgehead atoms. The normalized spacial score (nSPS) is 27.5. The Labute approximate surface area is 550 Å². The summed E-state index contributed by atoms with van der Waals surface area (Å²) in [5, 5.41) is 43.2. The summed E-state index contributed by atoms with van der Waals surface area (Å²) in [6.45, 7) is 17.5. The number of carboxylic acids is 1. The van der Waals surface area contributed by atoms with E-state index in [1.165, 1.54) is 14.7 Å². The standard InChI is InChI=1S/C66H101N13O15/c1-11-38(9)53-62(90)74-52(37(7)8)65(93)78-28-18-23-49(78)64(92)77-27-17-22-48(77)60(88)72-45(30-36(5)6)58(86)73-46(33-68-54(39(10)12-2)66(94)79-34-41(80)32-50(79)61(89)69-42(56(84)75-53)24-25-51(81)82)63(91)76-26-16-21-47(76)59(87)71-44(29-35(3)4)57(85)70-43(55(67)83)31-40-19-14-13-15-20-40/h13-15,19-20,33,35-39,41-45,47-50,52-54,68,80H,11-12,16-18,21-32,34H2,1-10H3,(H2,67,83)(H,69,89)(H,70,85)(H,71,87)(H,72,88)(H,73,86)(H,74,90)(H,75,84)(H,81,82)/b46-33-/t38-,39-,41+,42-,43-,44-,45-,47-,48-,49-,50-,52-,53?,54-/m0/s1. The number of nitrogens with zero attached hydrogens (tertiary/aromatic N) is 4. The summed E-state index contributed by atoms with van der Waals surface area (Å²) in [4.78, 5) is 192. The van der Waals surface area contributed by atoms with Gasteiger partial charge < -0.3 is 78.1 Å². The third-order valence-electron chi connectivity index (χ3n) is 18.6. The first kappa shape index (κ1) is 74.9. The van der Waals surface area contributed by atoms with E-state index < -0.39 is 186 Å². The Morgan fingerprint density at radius 2 is 1.21 bits per heavy atom. The van der Waals surface area contributed by atoms with Gasteiger partial charge in [0.2, 0.25) is 65.0 Å². The van der Waals surface area contributed by atoms with Gasteiger partial charge in [0.1, 0.15) is 72.2 Å². The fourth-order valence-electron chi connectivity index (χ4n) is 12.9. The average molecular weight is 1320 g/mol. The van der Waals surface area contributed by atoms with Gasteiger partial charge in [0.25, 0.3) is 5.91 Å². The molecule has 12 amide bonds. The lowest BCUT2D eigenvalue weighted by Gasteiger charge is -2.35. The second-order valence-corrected chi connectivity index (χ2v) is 27.1. The number of aliphatic hydroxyl groups excluding tert-OH is 1. The van der Waals surface area contributed by atoms with Crippen LogP contribution in [-0.4, -0.2) is 205 Å². The zero-order valence-corrected chi connectivity index (χ0v) is 56.1. The highest BCUT2D eigenvalue weighted by molar-refractivity contribution is 6.03. The quantitative estimate of drug-likeness (QED) is 0.0830. The molecule has 1 aromatic carbocycles. The number of fused-ring (bicyclic) bond motifs is 3. The van der Waals surface area contributed by atoms with Crippen molar-refractivity contribution in [3.63, 3.8) is 0 Å². The highest BCUT2D eigenvalue weighted by atomic mass is 16.4. The smallest absolute Gasteiger partial charge is 0.303 e. The first-order chi connectivity index (χ1) is 44.5. The largest absolute Gasteiger partial charge is 0.481 e. The Hall–Kier alpha value is -8.17. The van der Waals surface area contributed by atoms with Gasteiger partial charge in [-0.05, 0) is 92.9 Å². The van der Waals surface area contributed by atoms with Crippen LogP contribution < -0.4 is 48.3 Å². The van der Waals surface area contributed by atoms with Crippen LogP contribution in [0.15, 0.2) is 42.2 Å². The number of carboxylic acid groups (broad SMARTS) is 1. The van der Waals surface area contributed by atoms with Gasteiger partial charge in [-0.15, -0.1) is 0 Å². The van der Waals surface area contributed by atoms with E-state index in [4.69, 9.17) is 5.73 Å². The minimum Gasteiger partial charge on any atom is -0.481 e. The number of benzene rings is 1. The van der Waals surface area contributed by atoms with Crippen molar-refractivity contribution in [2.75, 3.05) is 26.2 Å². The molecule has 12 N–H and O–H groups in total. The lowest BCUT2D eigenvalue weighted by molar-refractivity contribution is -0.148. The van der Waals surface area contributed by atoms with Gasteiger partial charge in [0.15, 0.2) is 0 Å². The number of amides is 12. The highest BCUT2D eigenvalue weighted by Crippen LogP contribution is 2.29. The summed E-state index contributed by atoms with van der Waals surface area (Å²) >= 11 is 0. The van der Waals surface area contributed by atoms with Crippen LogP contribution >= 0.6 is 0 Å². The SMILES string of the molecule is CC[C@H](C)C1NC(=O)[C@H](CCC(=O)O)NC(=O)[C@@H]2C[C@@H](O)CN2C(=O)[C@H]([C@@H](C)CC)N/C=C(/C(=O)N2CCC[C@H]2C(=O)N[C@@H](CC(C)C)C(=O)N[C@@H](Cc2ccccc2)C(N)=O)NC(=O)[C@H](CC(C)C)NC(=O)[C@@H]2CCCN2C(=O)[C@@H]2CCCN2C(=O)[C@H](C(C)C)NC1=O. The van der Waals surface area contributed by atoms with E-state index in [0.717, 1.165) is 16.7 Å². The van der Waals surface area contributed by atoms with Crippen LogP contribution in [0.5, 0.6) is 0 Å². The Balaban J connectivity index is 1.42. The van der Waals surface area contributed by atoms with Crippen molar-refractivity contribution in [2.45, 2.75) is 232 Å². The van der Waals surface area contributed by atoms with Crippen LogP contribution in [0.2, 0.25) is 0 Å². The number of primary amides is 1. The topological polar surface area (TPSA) is 398 Å². The maximum atomic E-state index is 15.4. The minimum absolute atomic E-state index is 0.0151. The number of aliphatic carboxylic acids is 1. The van der Waals surface area contributed by atoms with Gasteiger partial charge in [-0.3, -0.25) is 62.3 Å². The number of rotatable bonds is 20. The number of carbonyl (C=O) groups is 13. The Bertz CT molecular complexity index is 2960. The van der Waals surface area contributed by atoms with E-state index in [-0.39, 0.29) is 89.4 Å². The van der Waals surface area contributed by atoms with Crippen molar-refractivity contribution >= 4 is 76.9 Å². The lowest BCUT2D eigenvalue weighted by atomic mass is 9.95. The second-order valence-electron chi connectivity index (χ2n) is 27.1. The van der Waals surface area contributed by atoms with Gasteiger partial charge in [-0.25, -0.2) is 0 Å². The molecule has 0 radical (unpaired) electrons. The van der Waals surface area contributed by atoms with Gasteiger partial charge in [-0.1, -0.05) is 112 Å². The molecule has 5 aliphatic rings. The van der Waals surface area contributed by atoms with Crippen LogP contribution in [0.3, 0.4) is 0 Å². The average Bonchev–Trinajstić information content (AvgIpc) is 1.62. The van der Waals surface area contributed by atoms with Crippen molar-refractivity contribution in [1.29, 1.82) is 0 Å². The molecule has 4 saturated heterocycles. The molecule has 0 aliphatic carbocycles. The molecule has 5 aliphatic heterocycles. The molecule has 0 spiro atoms. The molecule has 1 unspecified atom stereocenters. The molecule has 14 atom stereocenters. The van der Waals surface area contributed by atoms with E-state index in [0.29, 0.717) is 25.7 Å². The molecule has 1 aromatic rings. The summed E-state index contributed by atoms with van der Waals surface area (Å²) in [5.74, 6) is -12.7. The molecular weight excluding hydrogens is 1210 g/mol. The van der Waals surface area contributed by atoms with Gasteiger partial charge in [0.05, 0.1) is 6.10 Å². The maximum Gasteiger partial charge on any atom is 0.303 e. The third kappa shape index (κ3) is 19.5. The predicted octanol–water partition coefficient (Wildman–Crippen LogP) is 0.193. The first-order valence-corrected chi connectivity index (χ1v) is 33.5. The number of likely N-dealkylation sites (tertiary alicyclic amines) is 1. The fourth-order valence-corrected chi connectivity index (χ4v) is 12.9. The van der Waals surface area contributed by atoms with E-state index >= 15 is 14.4 Å². The monoisotopic (exact) mass is 1320 g/mol. The highest BCUT2D eigenvalue weighted by Gasteiger charge is 2.48. The van der Waals surface area contributed by atoms with Gasteiger partial charge in [-0.2, -0.15) is 0 Å². The maximum absolute atomic E-state index is 15.4. The summed E-state index contributed by atoms with van der Waals surface area (Å²) < 4.78 is 0. The second kappa shape index (κ2) is 34.3. The first-order valence-electron chi connectivity index (χ1n) is 33.5.